The maximum Gasteiger partial charge on any atom is 0.353 e. The van der Waals surface area contributed by atoms with E-state index in [0.29, 0.717) is 0 Å². The van der Waals surface area contributed by atoms with Gasteiger partial charge in [-0.15, -0.1) is 0 Å². The highest BCUT2D eigenvalue weighted by atomic mass is 32.2. The molecule has 2 aromatic heterocycles. The number of urea groups is 1. The largest absolute Gasteiger partial charge is 0.481 e. The number of carbonyl (C=O) groups is 2. The van der Waals surface area contributed by atoms with Gasteiger partial charge in [-0.3, -0.25) is 5.32 Å². The summed E-state index contributed by atoms with van der Waals surface area (Å²) in [6.07, 6.45) is 1.31. The van der Waals surface area contributed by atoms with Gasteiger partial charge >= 0.3 is 12.0 Å². The molecule has 18 heteroatoms. The Balaban J connectivity index is 0.000000228. The summed E-state index contributed by atoms with van der Waals surface area (Å²) < 4.78 is 60.7. The van der Waals surface area contributed by atoms with Crippen LogP contribution in [0.5, 0.6) is 11.8 Å². The number of methoxy groups -OCH3 is 2. The summed E-state index contributed by atoms with van der Waals surface area (Å²) >= 11 is 0. The molecule has 0 spiro atoms. The Hall–Kier alpha value is -5.62. The van der Waals surface area contributed by atoms with E-state index in [1.165, 1.54) is 33.3 Å². The van der Waals surface area contributed by atoms with Crippen LogP contribution in [0, 0.1) is 0 Å². The minimum atomic E-state index is -4.61. The summed E-state index contributed by atoms with van der Waals surface area (Å²) in [5.41, 5.74) is 0.978. The summed E-state index contributed by atoms with van der Waals surface area (Å²) in [6, 6.07) is 21.6. The van der Waals surface area contributed by atoms with Crippen LogP contribution < -0.4 is 19.5 Å². The highest BCUT2D eigenvalue weighted by molar-refractivity contribution is 7.93. The summed E-state index contributed by atoms with van der Waals surface area (Å²) in [7, 11) is -5.85. The lowest BCUT2D eigenvalue weighted by molar-refractivity contribution is -0.129. The van der Waals surface area contributed by atoms with E-state index in [0.717, 1.165) is 23.4 Å². The second kappa shape index (κ2) is 14.9. The third-order valence-corrected chi connectivity index (χ3v) is 9.89. The quantitative estimate of drug-likeness (QED) is 0.217. The molecule has 16 nitrogen and oxygen atoms in total. The van der Waals surface area contributed by atoms with Gasteiger partial charge < -0.3 is 19.4 Å². The van der Waals surface area contributed by atoms with Gasteiger partial charge in [0.1, 0.15) is 4.90 Å². The van der Waals surface area contributed by atoms with Crippen LogP contribution in [0.3, 0.4) is 0 Å². The van der Waals surface area contributed by atoms with Crippen LogP contribution >= 0.6 is 0 Å². The minimum absolute atomic E-state index is 0.0395. The number of carbonyl (C=O) groups excluding carboxylic acids is 1. The number of aromatic nitrogens is 3. The third-order valence-electron chi connectivity index (χ3n) is 6.71. The number of hydrogen-bond donors (Lipinski definition) is 3. The molecule has 1 aliphatic rings. The minimum Gasteiger partial charge on any atom is -0.481 e. The molecule has 0 bridgehead atoms. The highest BCUT2D eigenvalue weighted by Gasteiger charge is 2.44. The molecule has 0 fully saturated rings. The molecule has 1 aliphatic heterocycles. The number of sulfone groups is 1. The summed E-state index contributed by atoms with van der Waals surface area (Å²) in [6.45, 7) is 1.35. The number of ether oxygens (including phenoxy) is 2. The highest BCUT2D eigenvalue weighted by Crippen LogP contribution is 2.41. The Labute approximate surface area is 275 Å². The zero-order valence-corrected chi connectivity index (χ0v) is 27.4. The first-order valence-corrected chi connectivity index (χ1v) is 17.1. The van der Waals surface area contributed by atoms with E-state index in [4.69, 9.17) is 19.4 Å². The predicted molar refractivity (Wildman–Crippen MR) is 171 cm³/mol. The fourth-order valence-corrected chi connectivity index (χ4v) is 6.93. The second-order valence-electron chi connectivity index (χ2n) is 9.72. The molecule has 0 aliphatic carbocycles. The molecule has 3 N–H and O–H groups in total. The van der Waals surface area contributed by atoms with Gasteiger partial charge in [0.05, 0.1) is 32.5 Å². The van der Waals surface area contributed by atoms with Crippen LogP contribution in [0.25, 0.3) is 0 Å². The first kappa shape index (κ1) is 35.2. The van der Waals surface area contributed by atoms with E-state index in [9.17, 15) is 26.4 Å². The number of hydrogen-bond acceptors (Lipinski definition) is 13. The van der Waals surface area contributed by atoms with Crippen LogP contribution in [-0.2, 0) is 35.1 Å². The number of pyridine rings is 1. The predicted octanol–water partition coefficient (Wildman–Crippen LogP) is 2.98. The van der Waals surface area contributed by atoms with Gasteiger partial charge in [-0.2, -0.15) is 18.4 Å². The van der Waals surface area contributed by atoms with E-state index < -0.39 is 47.4 Å². The number of nitrogens with one attached hydrogen (secondary N) is 2. The van der Waals surface area contributed by atoms with E-state index in [-0.39, 0.29) is 35.6 Å². The molecule has 0 atom stereocenters. The maximum absolute atomic E-state index is 12.5. The van der Waals surface area contributed by atoms with Gasteiger partial charge in [-0.25, -0.2) is 27.7 Å². The van der Waals surface area contributed by atoms with Gasteiger partial charge in [0.15, 0.2) is 26.2 Å². The molecule has 3 heterocycles. The standard InChI is InChI=1S/C16H13NO3.C14H17N5O7S2/c18-15(19)14-11-16(20-17-14,12-7-3-1-4-8-12)13-9-5-2-6-10-13;1-4-27(21,22)9-6-5-7-15-12(9)28(23,24)19-14(20)18-13-16-10(25-2)8-11(17-13)26-3/h1-10H,11H2,(H,18,19);5-8H,4H2,1-3H3,(H2,16,17,18,19,20). The van der Waals surface area contributed by atoms with Gasteiger partial charge in [0, 0.05) is 17.3 Å². The van der Waals surface area contributed by atoms with Gasteiger partial charge in [0.25, 0.3) is 10.0 Å². The molecule has 48 heavy (non-hydrogen) atoms. The fourth-order valence-electron chi connectivity index (χ4n) is 4.38. The normalized spacial score (nSPS) is 13.5. The molecule has 2 amide bonds. The molecular weight excluding hydrogens is 668 g/mol. The number of carboxylic acid groups (broad SMARTS) is 1. The van der Waals surface area contributed by atoms with Crippen molar-refractivity contribution in [3.05, 3.63) is 96.2 Å². The lowest BCUT2D eigenvalue weighted by Crippen LogP contribution is -2.36. The molecule has 252 valence electrons. The monoisotopic (exact) mass is 698 g/mol. The molecule has 0 radical (unpaired) electrons. The number of benzene rings is 2. The van der Waals surface area contributed by atoms with Crippen molar-refractivity contribution >= 4 is 43.5 Å². The molecular formula is C30H30N6O10S2. The maximum atomic E-state index is 12.5. The number of anilines is 1. The van der Waals surface area contributed by atoms with Crippen molar-refractivity contribution in [1.29, 1.82) is 0 Å². The SMILES string of the molecule is CCS(=O)(=O)c1cccnc1S(=O)(=O)NC(=O)Nc1nc(OC)cc(OC)n1.O=C(O)C1=NOC(c2ccccc2)(c2ccccc2)C1. The number of rotatable bonds is 10. The van der Waals surface area contributed by atoms with Crippen molar-refractivity contribution in [1.82, 2.24) is 19.7 Å². The van der Waals surface area contributed by atoms with E-state index in [1.807, 2.05) is 60.7 Å². The number of aliphatic carboxylic acids is 1. The lowest BCUT2D eigenvalue weighted by atomic mass is 9.82. The number of sulfonamides is 1. The van der Waals surface area contributed by atoms with E-state index >= 15 is 0 Å². The molecule has 2 aromatic carbocycles. The molecule has 0 saturated heterocycles. The first-order valence-electron chi connectivity index (χ1n) is 13.9. The summed E-state index contributed by atoms with van der Waals surface area (Å²) in [5.74, 6) is -1.56. The average Bonchev–Trinajstić information content (AvgIpc) is 3.56. The summed E-state index contributed by atoms with van der Waals surface area (Å²) in [4.78, 5) is 39.5. The van der Waals surface area contributed by atoms with Gasteiger partial charge in [-0.05, 0) is 12.1 Å². The molecule has 5 rings (SSSR count). The van der Waals surface area contributed by atoms with Crippen molar-refractivity contribution in [2.45, 2.75) is 28.9 Å². The number of amides is 2. The van der Waals surface area contributed by atoms with Crippen LogP contribution in [0.15, 0.2) is 100 Å². The topological polar surface area (TPSA) is 225 Å². The van der Waals surface area contributed by atoms with Crippen LogP contribution in [0.4, 0.5) is 10.7 Å². The van der Waals surface area contributed by atoms with Gasteiger partial charge in [0.2, 0.25) is 17.7 Å². The first-order chi connectivity index (χ1) is 22.8. The van der Waals surface area contributed by atoms with Crippen molar-refractivity contribution in [2.75, 3.05) is 25.3 Å². The Morgan fingerprint density at radius 3 is 1.94 bits per heavy atom. The average molecular weight is 699 g/mol. The molecule has 0 saturated carbocycles. The fraction of sp³-hybridized carbons (Fsp3) is 0.200. The van der Waals surface area contributed by atoms with E-state index in [1.54, 1.807) is 4.72 Å². The Morgan fingerprint density at radius 2 is 1.46 bits per heavy atom. The Bertz CT molecular complexity index is 1970. The van der Waals surface area contributed by atoms with Crippen molar-refractivity contribution in [2.24, 2.45) is 5.16 Å². The van der Waals surface area contributed by atoms with Crippen molar-refractivity contribution in [3.63, 3.8) is 0 Å². The second-order valence-corrected chi connectivity index (χ2v) is 13.6. The smallest absolute Gasteiger partial charge is 0.353 e. The zero-order chi connectivity index (χ0) is 35.0. The van der Waals surface area contributed by atoms with Gasteiger partial charge in [-0.1, -0.05) is 72.7 Å². The lowest BCUT2D eigenvalue weighted by Gasteiger charge is -2.27. The Morgan fingerprint density at radius 1 is 0.896 bits per heavy atom. The van der Waals surface area contributed by atoms with E-state index in [2.05, 4.69) is 25.4 Å². The Kier molecular flexibility index (Phi) is 10.9. The van der Waals surface area contributed by atoms with Crippen molar-refractivity contribution in [3.8, 4) is 11.8 Å². The number of nitrogens with zero attached hydrogens (tertiary/aromatic N) is 4. The molecule has 4 aromatic rings. The van der Waals surface area contributed by atoms with Crippen LogP contribution in [-0.4, -0.2) is 74.6 Å². The van der Waals surface area contributed by atoms with Crippen LogP contribution in [0.1, 0.15) is 24.5 Å². The molecule has 0 unspecified atom stereocenters. The number of oxime groups is 1. The third kappa shape index (κ3) is 8.02. The van der Waals surface area contributed by atoms with Crippen molar-refractivity contribution < 1.29 is 45.8 Å². The summed E-state index contributed by atoms with van der Waals surface area (Å²) in [5, 5.41) is 14.2. The van der Waals surface area contributed by atoms with Crippen LogP contribution in [0.2, 0.25) is 0 Å². The number of carboxylic acids is 1. The zero-order valence-electron chi connectivity index (χ0n) is 25.7.